The Balaban J connectivity index is 2.64. The summed E-state index contributed by atoms with van der Waals surface area (Å²) in [5.41, 5.74) is 0.186. The van der Waals surface area contributed by atoms with E-state index in [1.165, 1.54) is 0 Å². The van der Waals surface area contributed by atoms with E-state index in [4.69, 9.17) is 9.84 Å². The molecule has 5 heteroatoms. The summed E-state index contributed by atoms with van der Waals surface area (Å²) in [6.45, 7) is 5.17. The Labute approximate surface area is 112 Å². The number of rotatable bonds is 4. The van der Waals surface area contributed by atoms with Gasteiger partial charge in [0.2, 0.25) is 0 Å². The molecule has 0 saturated heterocycles. The number of hydrogen-bond donors (Lipinski definition) is 2. The van der Waals surface area contributed by atoms with Crippen LogP contribution in [0.1, 0.15) is 26.3 Å². The van der Waals surface area contributed by atoms with Crippen LogP contribution < -0.4 is 5.32 Å². The van der Waals surface area contributed by atoms with Gasteiger partial charge in [0.25, 0.3) is 0 Å². The van der Waals surface area contributed by atoms with Gasteiger partial charge in [-0.05, 0) is 26.3 Å². The summed E-state index contributed by atoms with van der Waals surface area (Å²) in [5.74, 6) is -1.09. The van der Waals surface area contributed by atoms with Gasteiger partial charge in [0.1, 0.15) is 11.6 Å². The number of hydrogen-bond acceptors (Lipinski definition) is 3. The number of aliphatic carboxylic acids is 1. The van der Waals surface area contributed by atoms with Crippen LogP contribution in [0.3, 0.4) is 0 Å². The molecule has 0 aliphatic carbocycles. The molecule has 19 heavy (non-hydrogen) atoms. The number of ether oxygens (including phenoxy) is 1. The van der Waals surface area contributed by atoms with Gasteiger partial charge in [-0.1, -0.05) is 30.3 Å². The van der Waals surface area contributed by atoms with E-state index < -0.39 is 23.7 Å². The van der Waals surface area contributed by atoms with E-state index in [2.05, 4.69) is 5.32 Å². The van der Waals surface area contributed by atoms with Crippen molar-refractivity contribution in [3.8, 4) is 0 Å². The van der Waals surface area contributed by atoms with Crippen molar-refractivity contribution in [2.45, 2.75) is 38.8 Å². The van der Waals surface area contributed by atoms with Crippen LogP contribution in [0, 0.1) is 0 Å². The van der Waals surface area contributed by atoms with Gasteiger partial charge in [-0.25, -0.2) is 9.59 Å². The van der Waals surface area contributed by atoms with Gasteiger partial charge < -0.3 is 15.2 Å². The van der Waals surface area contributed by atoms with Crippen LogP contribution in [0.5, 0.6) is 0 Å². The average Bonchev–Trinajstić information content (AvgIpc) is 2.26. The van der Waals surface area contributed by atoms with E-state index in [9.17, 15) is 9.59 Å². The van der Waals surface area contributed by atoms with Crippen molar-refractivity contribution in [1.29, 1.82) is 0 Å². The topological polar surface area (TPSA) is 75.6 Å². The van der Waals surface area contributed by atoms with E-state index in [1.807, 2.05) is 30.3 Å². The van der Waals surface area contributed by atoms with Crippen molar-refractivity contribution in [3.63, 3.8) is 0 Å². The minimum Gasteiger partial charge on any atom is -0.480 e. The number of alkyl carbamates (subject to hydrolysis) is 1. The molecule has 0 aromatic heterocycles. The molecule has 0 aliphatic heterocycles. The number of nitrogens with one attached hydrogen (secondary N) is 1. The van der Waals surface area contributed by atoms with E-state index in [0.29, 0.717) is 0 Å². The number of carbonyl (C=O) groups excluding carboxylic acids is 1. The molecule has 1 unspecified atom stereocenters. The minimum absolute atomic E-state index is 0.218. The molecule has 1 amide bonds. The number of carboxylic acids is 1. The van der Waals surface area contributed by atoms with E-state index >= 15 is 0 Å². The summed E-state index contributed by atoms with van der Waals surface area (Å²) in [6.07, 6.45) is -0.508. The van der Waals surface area contributed by atoms with Crippen LogP contribution in [-0.2, 0) is 16.0 Å². The molecule has 1 atom stereocenters. The molecule has 0 radical (unpaired) electrons. The Morgan fingerprint density at radius 2 is 1.84 bits per heavy atom. The maximum atomic E-state index is 11.6. The Kier molecular flexibility index (Phi) is 4.92. The van der Waals surface area contributed by atoms with Gasteiger partial charge in [0.05, 0.1) is 0 Å². The Bertz CT molecular complexity index is 437. The van der Waals surface area contributed by atoms with Crippen LogP contribution in [0.2, 0.25) is 0 Å². The van der Waals surface area contributed by atoms with Crippen LogP contribution in [-0.4, -0.2) is 28.8 Å². The highest BCUT2D eigenvalue weighted by Crippen LogP contribution is 2.08. The molecule has 104 valence electrons. The Hall–Kier alpha value is -2.04. The maximum absolute atomic E-state index is 11.6. The zero-order chi connectivity index (χ0) is 14.5. The molecular weight excluding hydrogens is 246 g/mol. The molecule has 0 fully saturated rings. The number of carbonyl (C=O) groups is 2. The molecule has 1 aromatic rings. The molecule has 1 aromatic carbocycles. The second kappa shape index (κ2) is 6.22. The third kappa shape index (κ3) is 5.90. The zero-order valence-electron chi connectivity index (χ0n) is 11.3. The average molecular weight is 265 g/mol. The van der Waals surface area contributed by atoms with E-state index in [1.54, 1.807) is 20.8 Å². The summed E-state index contributed by atoms with van der Waals surface area (Å²) in [5, 5.41) is 11.5. The van der Waals surface area contributed by atoms with Gasteiger partial charge in [-0.3, -0.25) is 0 Å². The molecule has 2 N–H and O–H groups in total. The fourth-order valence-electron chi connectivity index (χ4n) is 1.50. The SMILES string of the molecule is CC(C)(C)OC(=O)NC(Cc1ccccc1)C(=O)O. The highest BCUT2D eigenvalue weighted by molar-refractivity contribution is 5.80. The fourth-order valence-corrected chi connectivity index (χ4v) is 1.50. The molecule has 0 saturated carbocycles. The number of carboxylic acid groups (broad SMARTS) is 1. The van der Waals surface area contributed by atoms with Crippen molar-refractivity contribution >= 4 is 12.1 Å². The van der Waals surface area contributed by atoms with Crippen LogP contribution in [0.4, 0.5) is 4.79 Å². The first-order chi connectivity index (χ1) is 8.78. The van der Waals surface area contributed by atoms with Crippen LogP contribution >= 0.6 is 0 Å². The van der Waals surface area contributed by atoms with Crippen LogP contribution in [0.25, 0.3) is 0 Å². The first kappa shape index (κ1) is 15.0. The lowest BCUT2D eigenvalue weighted by atomic mass is 10.1. The summed E-state index contributed by atoms with van der Waals surface area (Å²) >= 11 is 0. The molecule has 0 spiro atoms. The van der Waals surface area contributed by atoms with Gasteiger partial charge in [-0.15, -0.1) is 0 Å². The predicted octanol–water partition coefficient (Wildman–Crippen LogP) is 2.21. The van der Waals surface area contributed by atoms with Gasteiger partial charge in [0, 0.05) is 6.42 Å². The predicted molar refractivity (Wildman–Crippen MR) is 70.9 cm³/mol. The highest BCUT2D eigenvalue weighted by Gasteiger charge is 2.23. The largest absolute Gasteiger partial charge is 0.480 e. The van der Waals surface area contributed by atoms with Gasteiger partial charge in [-0.2, -0.15) is 0 Å². The number of amides is 1. The molecule has 0 bridgehead atoms. The first-order valence-electron chi connectivity index (χ1n) is 6.04. The lowest BCUT2D eigenvalue weighted by molar-refractivity contribution is -0.139. The smallest absolute Gasteiger partial charge is 0.408 e. The summed E-state index contributed by atoms with van der Waals surface area (Å²) in [6, 6.07) is 8.11. The second-order valence-corrected chi connectivity index (χ2v) is 5.23. The third-order valence-corrected chi connectivity index (χ3v) is 2.27. The lowest BCUT2D eigenvalue weighted by Gasteiger charge is -2.22. The van der Waals surface area contributed by atoms with Crippen molar-refractivity contribution in [2.24, 2.45) is 0 Å². The molecule has 5 nitrogen and oxygen atoms in total. The molecule has 1 rings (SSSR count). The van der Waals surface area contributed by atoms with Crippen LogP contribution in [0.15, 0.2) is 30.3 Å². The molecule has 0 aliphatic rings. The maximum Gasteiger partial charge on any atom is 0.408 e. The normalized spacial score (nSPS) is 12.6. The van der Waals surface area contributed by atoms with Crippen molar-refractivity contribution in [1.82, 2.24) is 5.32 Å². The quantitative estimate of drug-likeness (QED) is 0.875. The van der Waals surface area contributed by atoms with E-state index in [-0.39, 0.29) is 6.42 Å². The molecule has 0 heterocycles. The minimum atomic E-state index is -1.09. The highest BCUT2D eigenvalue weighted by atomic mass is 16.6. The second-order valence-electron chi connectivity index (χ2n) is 5.23. The Morgan fingerprint density at radius 1 is 1.26 bits per heavy atom. The lowest BCUT2D eigenvalue weighted by Crippen LogP contribution is -2.44. The number of benzene rings is 1. The van der Waals surface area contributed by atoms with Crippen molar-refractivity contribution in [3.05, 3.63) is 35.9 Å². The van der Waals surface area contributed by atoms with Crippen molar-refractivity contribution in [2.75, 3.05) is 0 Å². The summed E-state index contributed by atoms with van der Waals surface area (Å²) < 4.78 is 5.04. The summed E-state index contributed by atoms with van der Waals surface area (Å²) in [4.78, 5) is 22.7. The molecular formula is C14H19NO4. The van der Waals surface area contributed by atoms with Gasteiger partial charge in [0.15, 0.2) is 0 Å². The monoisotopic (exact) mass is 265 g/mol. The fraction of sp³-hybridized carbons (Fsp3) is 0.429. The standard InChI is InChI=1S/C14H19NO4/c1-14(2,3)19-13(18)15-11(12(16)17)9-10-7-5-4-6-8-10/h4-8,11H,9H2,1-3H3,(H,15,18)(H,16,17). The Morgan fingerprint density at radius 3 is 2.32 bits per heavy atom. The first-order valence-corrected chi connectivity index (χ1v) is 6.04. The zero-order valence-corrected chi connectivity index (χ0v) is 11.3. The summed E-state index contributed by atoms with van der Waals surface area (Å²) in [7, 11) is 0. The van der Waals surface area contributed by atoms with Crippen molar-refractivity contribution < 1.29 is 19.4 Å². The van der Waals surface area contributed by atoms with E-state index in [0.717, 1.165) is 5.56 Å². The van der Waals surface area contributed by atoms with Gasteiger partial charge >= 0.3 is 12.1 Å². The third-order valence-electron chi connectivity index (χ3n) is 2.27.